The maximum Gasteiger partial charge on any atom is 0.341 e. The van der Waals surface area contributed by atoms with Crippen LogP contribution in [0.25, 0.3) is 10.9 Å². The number of benzene rings is 1. The van der Waals surface area contributed by atoms with Crippen LogP contribution in [0.2, 0.25) is 0 Å². The summed E-state index contributed by atoms with van der Waals surface area (Å²) in [5.74, 6) is -0.316. The molecule has 9 heteroatoms. The van der Waals surface area contributed by atoms with E-state index in [9.17, 15) is 14.4 Å². The van der Waals surface area contributed by atoms with Crippen LogP contribution in [0.5, 0.6) is 0 Å². The van der Waals surface area contributed by atoms with Crippen molar-refractivity contribution < 1.29 is 14.3 Å². The topological polar surface area (TPSA) is 90.3 Å². The summed E-state index contributed by atoms with van der Waals surface area (Å²) >= 11 is 4.76. The number of ether oxygens (including phenoxy) is 1. The van der Waals surface area contributed by atoms with Crippen molar-refractivity contribution in [3.8, 4) is 0 Å². The predicted octanol–water partition coefficient (Wildman–Crippen LogP) is 3.77. The minimum atomic E-state index is -0.452. The summed E-state index contributed by atoms with van der Waals surface area (Å²) in [5, 5.41) is 3.72. The van der Waals surface area contributed by atoms with Crippen LogP contribution >= 0.6 is 27.3 Å². The van der Waals surface area contributed by atoms with Gasteiger partial charge in [-0.15, -0.1) is 11.3 Å². The van der Waals surface area contributed by atoms with Crippen molar-refractivity contribution in [1.82, 2.24) is 9.55 Å². The number of rotatable bonds is 4. The number of halogens is 1. The minimum absolute atomic E-state index is 0.201. The fourth-order valence-corrected chi connectivity index (χ4v) is 5.50. The van der Waals surface area contributed by atoms with Gasteiger partial charge in [-0.25, -0.2) is 9.78 Å². The van der Waals surface area contributed by atoms with Crippen molar-refractivity contribution in [2.24, 2.45) is 5.92 Å². The Labute approximate surface area is 185 Å². The number of nitrogens with one attached hydrogen (secondary N) is 1. The number of carbonyl (C=O) groups is 2. The molecule has 0 aliphatic heterocycles. The van der Waals surface area contributed by atoms with Gasteiger partial charge in [0.15, 0.2) is 0 Å². The number of carbonyl (C=O) groups excluding carboxylic acids is 2. The summed E-state index contributed by atoms with van der Waals surface area (Å²) < 4.78 is 6.98. The monoisotopic (exact) mass is 489 g/mol. The van der Waals surface area contributed by atoms with Crippen molar-refractivity contribution in [2.45, 2.75) is 32.7 Å². The number of amides is 1. The predicted molar refractivity (Wildman–Crippen MR) is 119 cm³/mol. The van der Waals surface area contributed by atoms with Gasteiger partial charge in [-0.05, 0) is 48.9 Å². The van der Waals surface area contributed by atoms with E-state index in [4.69, 9.17) is 4.74 Å². The van der Waals surface area contributed by atoms with Gasteiger partial charge in [0.2, 0.25) is 5.91 Å². The van der Waals surface area contributed by atoms with E-state index >= 15 is 0 Å². The molecule has 30 heavy (non-hydrogen) atoms. The number of hydrogen-bond donors (Lipinski definition) is 1. The zero-order chi connectivity index (χ0) is 21.4. The van der Waals surface area contributed by atoms with E-state index < -0.39 is 11.9 Å². The van der Waals surface area contributed by atoms with Crippen LogP contribution in [-0.2, 0) is 28.9 Å². The van der Waals surface area contributed by atoms with E-state index in [2.05, 4.69) is 33.2 Å². The van der Waals surface area contributed by atoms with Gasteiger partial charge in [-0.2, -0.15) is 0 Å². The van der Waals surface area contributed by atoms with Crippen LogP contribution < -0.4 is 10.9 Å². The lowest BCUT2D eigenvalue weighted by atomic mass is 9.88. The molecular weight excluding hydrogens is 470 g/mol. The number of fused-ring (bicyclic) bond motifs is 2. The van der Waals surface area contributed by atoms with Crippen LogP contribution in [0, 0.1) is 5.92 Å². The quantitative estimate of drug-likeness (QED) is 0.563. The maximum atomic E-state index is 12.7. The van der Waals surface area contributed by atoms with E-state index in [0.717, 1.165) is 34.2 Å². The average Bonchev–Trinajstić information content (AvgIpc) is 3.06. The highest BCUT2D eigenvalue weighted by molar-refractivity contribution is 9.10. The molecule has 2 aromatic heterocycles. The normalized spacial score (nSPS) is 15.6. The second-order valence-corrected chi connectivity index (χ2v) is 9.46. The largest absolute Gasteiger partial charge is 0.465 e. The Morgan fingerprint density at radius 3 is 2.97 bits per heavy atom. The summed E-state index contributed by atoms with van der Waals surface area (Å²) in [6.07, 6.45) is 4.02. The first-order valence-corrected chi connectivity index (χ1v) is 11.2. The fraction of sp³-hybridized carbons (Fsp3) is 0.333. The Balaban J connectivity index is 1.62. The molecule has 0 saturated heterocycles. The van der Waals surface area contributed by atoms with Gasteiger partial charge in [0.1, 0.15) is 11.5 Å². The molecule has 1 aliphatic carbocycles. The molecule has 1 N–H and O–H groups in total. The molecular formula is C21H20BrN3O4S. The van der Waals surface area contributed by atoms with E-state index in [1.807, 2.05) is 0 Å². The van der Waals surface area contributed by atoms with Gasteiger partial charge in [-0.3, -0.25) is 14.2 Å². The summed E-state index contributed by atoms with van der Waals surface area (Å²) in [7, 11) is 1.34. The second kappa shape index (κ2) is 8.31. The van der Waals surface area contributed by atoms with Crippen molar-refractivity contribution in [3.05, 3.63) is 55.4 Å². The summed E-state index contributed by atoms with van der Waals surface area (Å²) in [5.41, 5.74) is 1.66. The third kappa shape index (κ3) is 3.91. The number of anilines is 1. The SMILES string of the molecule is COC(=O)c1c(NC(=O)Cn2cnc3ccc(Br)cc3c2=O)sc2c1CCC(C)C2. The number of aromatic nitrogens is 2. The van der Waals surface area contributed by atoms with Crippen LogP contribution in [0.3, 0.4) is 0 Å². The molecule has 0 saturated carbocycles. The minimum Gasteiger partial charge on any atom is -0.465 e. The first-order chi connectivity index (χ1) is 14.4. The van der Waals surface area contributed by atoms with E-state index in [0.29, 0.717) is 27.4 Å². The van der Waals surface area contributed by atoms with Gasteiger partial charge in [0.25, 0.3) is 5.56 Å². The maximum absolute atomic E-state index is 12.7. The number of nitrogens with zero attached hydrogens (tertiary/aromatic N) is 2. The van der Waals surface area contributed by atoms with Crippen LogP contribution in [0.4, 0.5) is 5.00 Å². The molecule has 1 aliphatic rings. The van der Waals surface area contributed by atoms with Crippen LogP contribution in [0.15, 0.2) is 33.8 Å². The molecule has 1 amide bonds. The van der Waals surface area contributed by atoms with Crippen LogP contribution in [0.1, 0.15) is 34.1 Å². The lowest BCUT2D eigenvalue weighted by molar-refractivity contribution is -0.116. The molecule has 156 valence electrons. The Morgan fingerprint density at radius 1 is 1.40 bits per heavy atom. The molecule has 0 radical (unpaired) electrons. The van der Waals surface area contributed by atoms with Gasteiger partial charge in [0, 0.05) is 9.35 Å². The van der Waals surface area contributed by atoms with E-state index in [-0.39, 0.29) is 12.1 Å². The molecule has 1 atom stereocenters. The van der Waals surface area contributed by atoms with E-state index in [1.54, 1.807) is 18.2 Å². The zero-order valence-electron chi connectivity index (χ0n) is 16.5. The van der Waals surface area contributed by atoms with Crippen molar-refractivity contribution in [2.75, 3.05) is 12.4 Å². The third-order valence-electron chi connectivity index (χ3n) is 5.25. The van der Waals surface area contributed by atoms with E-state index in [1.165, 1.54) is 29.3 Å². The molecule has 0 spiro atoms. The lowest BCUT2D eigenvalue weighted by Crippen LogP contribution is -2.28. The zero-order valence-corrected chi connectivity index (χ0v) is 18.9. The Kier molecular flexibility index (Phi) is 5.75. The smallest absolute Gasteiger partial charge is 0.341 e. The van der Waals surface area contributed by atoms with Gasteiger partial charge in [0.05, 0.1) is 29.9 Å². The Hall–Kier alpha value is -2.52. The summed E-state index contributed by atoms with van der Waals surface area (Å²) in [4.78, 5) is 43.2. The molecule has 0 bridgehead atoms. The molecule has 1 aromatic carbocycles. The highest BCUT2D eigenvalue weighted by atomic mass is 79.9. The third-order valence-corrected chi connectivity index (χ3v) is 6.92. The second-order valence-electron chi connectivity index (χ2n) is 7.43. The van der Waals surface area contributed by atoms with Gasteiger partial charge >= 0.3 is 5.97 Å². The number of esters is 1. The highest BCUT2D eigenvalue weighted by Crippen LogP contribution is 2.40. The van der Waals surface area contributed by atoms with Crippen molar-refractivity contribution in [3.63, 3.8) is 0 Å². The molecule has 2 heterocycles. The Morgan fingerprint density at radius 2 is 2.20 bits per heavy atom. The average molecular weight is 490 g/mol. The molecule has 7 nitrogen and oxygen atoms in total. The van der Waals surface area contributed by atoms with Crippen molar-refractivity contribution in [1.29, 1.82) is 0 Å². The molecule has 3 aromatic rings. The fourth-order valence-electron chi connectivity index (χ4n) is 3.72. The first kappa shape index (κ1) is 20.7. The number of thiophene rings is 1. The molecule has 4 rings (SSSR count). The number of hydrogen-bond acceptors (Lipinski definition) is 6. The Bertz CT molecular complexity index is 1220. The van der Waals surface area contributed by atoms with Gasteiger partial charge < -0.3 is 10.1 Å². The highest BCUT2D eigenvalue weighted by Gasteiger charge is 2.29. The molecule has 0 fully saturated rings. The standard InChI is InChI=1S/C21H20BrN3O4S/c1-11-3-5-13-16(7-11)30-19(18(13)21(28)29-2)24-17(26)9-25-10-23-15-6-4-12(22)8-14(15)20(25)27/h4,6,8,10-11H,3,5,7,9H2,1-2H3,(H,24,26). The van der Waals surface area contributed by atoms with Crippen molar-refractivity contribution >= 4 is 55.0 Å². The molecule has 1 unspecified atom stereocenters. The lowest BCUT2D eigenvalue weighted by Gasteiger charge is -2.18. The first-order valence-electron chi connectivity index (χ1n) is 9.54. The van der Waals surface area contributed by atoms with Gasteiger partial charge in [-0.1, -0.05) is 22.9 Å². The summed E-state index contributed by atoms with van der Waals surface area (Å²) in [6, 6.07) is 5.23. The van der Waals surface area contributed by atoms with Crippen LogP contribution in [-0.4, -0.2) is 28.5 Å². The number of methoxy groups -OCH3 is 1. The summed E-state index contributed by atoms with van der Waals surface area (Å²) in [6.45, 7) is 1.98.